The lowest BCUT2D eigenvalue weighted by molar-refractivity contribution is 0.0619. The molecule has 0 atom stereocenters. The van der Waals surface area contributed by atoms with Crippen molar-refractivity contribution in [1.82, 2.24) is 9.88 Å². The van der Waals surface area contributed by atoms with Gasteiger partial charge in [0, 0.05) is 34.4 Å². The summed E-state index contributed by atoms with van der Waals surface area (Å²) in [6.45, 7) is 0.467. The summed E-state index contributed by atoms with van der Waals surface area (Å²) < 4.78 is 15.3. The van der Waals surface area contributed by atoms with E-state index in [9.17, 15) is 9.18 Å². The molecule has 0 unspecified atom stereocenters. The number of pyridine rings is 1. The number of halogens is 2. The lowest BCUT2D eigenvalue weighted by Gasteiger charge is -2.34. The van der Waals surface area contributed by atoms with Gasteiger partial charge in [-0.25, -0.2) is 4.39 Å². The summed E-state index contributed by atoms with van der Waals surface area (Å²) in [5.41, 5.74) is 2.26. The topological polar surface area (TPSA) is 33.2 Å². The lowest BCUT2D eigenvalue weighted by atomic mass is 9.93. The van der Waals surface area contributed by atoms with E-state index in [1.807, 2.05) is 53.4 Å². The maximum Gasteiger partial charge on any atom is 0.266 e. The van der Waals surface area contributed by atoms with Gasteiger partial charge in [-0.1, -0.05) is 67.3 Å². The average molecular weight is 479 g/mol. The Kier molecular flexibility index (Phi) is 6.43. The molecule has 168 valence electrons. The molecule has 2 aromatic heterocycles. The molecule has 0 N–H and O–H groups in total. The fourth-order valence-electron chi connectivity index (χ4n) is 4.68. The molecule has 0 spiro atoms. The van der Waals surface area contributed by atoms with E-state index in [0.29, 0.717) is 22.0 Å². The lowest BCUT2D eigenvalue weighted by Crippen LogP contribution is -2.40. The van der Waals surface area contributed by atoms with Gasteiger partial charge in [0.05, 0.1) is 11.2 Å². The van der Waals surface area contributed by atoms with Crippen LogP contribution in [0.3, 0.4) is 0 Å². The zero-order chi connectivity index (χ0) is 22.8. The monoisotopic (exact) mass is 478 g/mol. The van der Waals surface area contributed by atoms with Gasteiger partial charge >= 0.3 is 0 Å². The van der Waals surface area contributed by atoms with Crippen LogP contribution < -0.4 is 0 Å². The van der Waals surface area contributed by atoms with Gasteiger partial charge < -0.3 is 4.90 Å². The Balaban J connectivity index is 1.50. The maximum absolute atomic E-state index is 14.3. The third-order valence-corrected chi connectivity index (χ3v) is 8.03. The van der Waals surface area contributed by atoms with Gasteiger partial charge in [0.25, 0.3) is 5.91 Å². The SMILES string of the molecule is O=C(c1sc2ccccc2c1Cl)N(Cc1cccc(-c2ccncc2F)c1)C1CCCCC1. The molecule has 1 fully saturated rings. The van der Waals surface area contributed by atoms with E-state index < -0.39 is 0 Å². The molecule has 0 bridgehead atoms. The summed E-state index contributed by atoms with van der Waals surface area (Å²) in [5.74, 6) is -0.375. The summed E-state index contributed by atoms with van der Waals surface area (Å²) in [7, 11) is 0. The van der Waals surface area contributed by atoms with Crippen LogP contribution >= 0.6 is 22.9 Å². The van der Waals surface area contributed by atoms with Gasteiger partial charge in [0.1, 0.15) is 10.7 Å². The fraction of sp³-hybridized carbons (Fsp3) is 0.259. The Labute approximate surface area is 201 Å². The first-order valence-electron chi connectivity index (χ1n) is 11.3. The Hall–Kier alpha value is -2.76. The molecule has 1 amide bonds. The zero-order valence-electron chi connectivity index (χ0n) is 18.1. The summed E-state index contributed by atoms with van der Waals surface area (Å²) >= 11 is 8.13. The molecular formula is C27H24ClFN2OS. The molecule has 4 aromatic rings. The second-order valence-electron chi connectivity index (χ2n) is 8.52. The van der Waals surface area contributed by atoms with Crippen molar-refractivity contribution in [2.45, 2.75) is 44.7 Å². The number of hydrogen-bond acceptors (Lipinski definition) is 3. The molecule has 2 aromatic carbocycles. The first-order valence-corrected chi connectivity index (χ1v) is 12.5. The molecule has 1 saturated carbocycles. The van der Waals surface area contributed by atoms with Crippen molar-refractivity contribution in [3.8, 4) is 11.1 Å². The van der Waals surface area contributed by atoms with Crippen molar-refractivity contribution in [3.63, 3.8) is 0 Å². The first-order chi connectivity index (χ1) is 16.1. The van der Waals surface area contributed by atoms with Crippen molar-refractivity contribution in [1.29, 1.82) is 0 Å². The van der Waals surface area contributed by atoms with Crippen LogP contribution in [0.25, 0.3) is 21.2 Å². The van der Waals surface area contributed by atoms with Crippen LogP contribution in [-0.2, 0) is 6.54 Å². The quantitative estimate of drug-likeness (QED) is 0.294. The van der Waals surface area contributed by atoms with E-state index in [4.69, 9.17) is 11.6 Å². The number of benzene rings is 2. The number of rotatable bonds is 5. The highest BCUT2D eigenvalue weighted by molar-refractivity contribution is 7.21. The molecule has 0 aliphatic heterocycles. The van der Waals surface area contributed by atoms with Crippen molar-refractivity contribution in [2.24, 2.45) is 0 Å². The third kappa shape index (κ3) is 4.53. The average Bonchev–Trinajstić information content (AvgIpc) is 3.20. The largest absolute Gasteiger partial charge is 0.331 e. The molecule has 33 heavy (non-hydrogen) atoms. The van der Waals surface area contributed by atoms with E-state index in [1.54, 1.807) is 12.3 Å². The number of carbonyl (C=O) groups is 1. The van der Waals surface area contributed by atoms with Gasteiger partial charge in [0.2, 0.25) is 0 Å². The van der Waals surface area contributed by atoms with E-state index in [2.05, 4.69) is 4.98 Å². The molecular weight excluding hydrogens is 455 g/mol. The molecule has 3 nitrogen and oxygen atoms in total. The first kappa shape index (κ1) is 22.1. The smallest absolute Gasteiger partial charge is 0.266 e. The minimum Gasteiger partial charge on any atom is -0.331 e. The van der Waals surface area contributed by atoms with Gasteiger partial charge in [-0.3, -0.25) is 9.78 Å². The van der Waals surface area contributed by atoms with Gasteiger partial charge in [-0.05, 0) is 42.2 Å². The normalized spacial score (nSPS) is 14.5. The maximum atomic E-state index is 14.3. The standard InChI is InChI=1S/C27H24ClFN2OS/c28-25-22-11-4-5-12-24(22)33-26(25)27(32)31(20-9-2-1-3-10-20)17-18-7-6-8-19(15-18)21-13-14-30-16-23(21)29/h4-8,11-16,20H,1-3,9-10,17H2. The molecule has 6 heteroatoms. The number of amides is 1. The summed E-state index contributed by atoms with van der Waals surface area (Å²) in [6, 6.07) is 17.5. The van der Waals surface area contributed by atoms with Crippen LogP contribution in [0.15, 0.2) is 67.0 Å². The molecule has 1 aliphatic carbocycles. The summed E-state index contributed by atoms with van der Waals surface area (Å²) in [6.07, 6.45) is 8.25. The molecule has 0 radical (unpaired) electrons. The minimum absolute atomic E-state index is 0.0198. The molecule has 2 heterocycles. The predicted octanol–water partition coefficient (Wildman–Crippen LogP) is 7.73. The fourth-order valence-corrected chi connectivity index (χ4v) is 6.15. The van der Waals surface area contributed by atoms with Crippen molar-refractivity contribution in [3.05, 3.63) is 88.3 Å². The van der Waals surface area contributed by atoms with Gasteiger partial charge in [-0.15, -0.1) is 11.3 Å². The third-order valence-electron chi connectivity index (χ3n) is 6.37. The van der Waals surface area contributed by atoms with Gasteiger partial charge in [-0.2, -0.15) is 0 Å². The molecule has 0 saturated heterocycles. The number of fused-ring (bicyclic) bond motifs is 1. The highest BCUT2D eigenvalue weighted by atomic mass is 35.5. The highest BCUT2D eigenvalue weighted by Crippen LogP contribution is 2.37. The molecule has 1 aliphatic rings. The van der Waals surface area contributed by atoms with Crippen molar-refractivity contribution >= 4 is 38.9 Å². The Morgan fingerprint density at radius 3 is 2.70 bits per heavy atom. The highest BCUT2D eigenvalue weighted by Gasteiger charge is 2.29. The van der Waals surface area contributed by atoms with Crippen LogP contribution in [0.1, 0.15) is 47.3 Å². The number of aromatic nitrogens is 1. The van der Waals surface area contributed by atoms with Crippen LogP contribution in [-0.4, -0.2) is 21.8 Å². The van der Waals surface area contributed by atoms with Crippen molar-refractivity contribution < 1.29 is 9.18 Å². The Morgan fingerprint density at radius 1 is 1.09 bits per heavy atom. The molecule has 5 rings (SSSR count). The van der Waals surface area contributed by atoms with E-state index in [-0.39, 0.29) is 17.8 Å². The van der Waals surface area contributed by atoms with Crippen LogP contribution in [0.2, 0.25) is 5.02 Å². The van der Waals surface area contributed by atoms with Crippen molar-refractivity contribution in [2.75, 3.05) is 0 Å². The van der Waals surface area contributed by atoms with Crippen LogP contribution in [0.4, 0.5) is 4.39 Å². The minimum atomic E-state index is -0.355. The Morgan fingerprint density at radius 2 is 1.91 bits per heavy atom. The summed E-state index contributed by atoms with van der Waals surface area (Å²) in [5, 5.41) is 1.46. The zero-order valence-corrected chi connectivity index (χ0v) is 19.7. The van der Waals surface area contributed by atoms with E-state index in [0.717, 1.165) is 46.9 Å². The number of carbonyl (C=O) groups excluding carboxylic acids is 1. The number of nitrogens with zero attached hydrogens (tertiary/aromatic N) is 2. The van der Waals surface area contributed by atoms with Crippen LogP contribution in [0, 0.1) is 5.82 Å². The van der Waals surface area contributed by atoms with Gasteiger partial charge in [0.15, 0.2) is 0 Å². The van der Waals surface area contributed by atoms with Crippen LogP contribution in [0.5, 0.6) is 0 Å². The van der Waals surface area contributed by atoms with E-state index in [1.165, 1.54) is 24.0 Å². The summed E-state index contributed by atoms with van der Waals surface area (Å²) in [4.78, 5) is 20.3. The second-order valence-corrected chi connectivity index (χ2v) is 9.95. The Bertz CT molecular complexity index is 1300. The number of hydrogen-bond donors (Lipinski definition) is 0. The predicted molar refractivity (Wildman–Crippen MR) is 133 cm³/mol. The number of thiophene rings is 1. The second kappa shape index (κ2) is 9.62. The van der Waals surface area contributed by atoms with E-state index >= 15 is 0 Å².